The normalized spacial score (nSPS) is 21.2. The summed E-state index contributed by atoms with van der Waals surface area (Å²) in [4.78, 5) is 16.7. The van der Waals surface area contributed by atoms with Gasteiger partial charge in [0.2, 0.25) is 0 Å². The first-order valence-corrected chi connectivity index (χ1v) is 11.0. The number of methoxy groups -OCH3 is 1. The number of carbonyl (C=O) groups excluding carboxylic acids is 1. The number of carbonyl (C=O) groups is 1. The summed E-state index contributed by atoms with van der Waals surface area (Å²) in [5, 5.41) is 12.1. The second-order valence-electron chi connectivity index (χ2n) is 7.07. The highest BCUT2D eigenvalue weighted by atomic mass is 79.9. The molecule has 30 heavy (non-hydrogen) atoms. The third-order valence-corrected chi connectivity index (χ3v) is 6.45. The quantitative estimate of drug-likeness (QED) is 0.456. The largest absolute Gasteiger partial charge is 0.497 e. The highest BCUT2D eigenvalue weighted by molar-refractivity contribution is 9.10. The number of rotatable bonds is 4. The lowest BCUT2D eigenvalue weighted by molar-refractivity contribution is 0.0370. The van der Waals surface area contributed by atoms with Gasteiger partial charge in [-0.15, -0.1) is 0 Å². The van der Waals surface area contributed by atoms with Crippen molar-refractivity contribution in [3.63, 3.8) is 0 Å². The molecule has 2 atom stereocenters. The van der Waals surface area contributed by atoms with Crippen LogP contribution in [0.15, 0.2) is 81.7 Å². The van der Waals surface area contributed by atoms with Crippen molar-refractivity contribution in [1.29, 1.82) is 0 Å². The molecule has 7 heteroatoms. The Kier molecular flexibility index (Phi) is 5.61. The molecule has 1 N–H and O–H groups in total. The van der Waals surface area contributed by atoms with E-state index in [0.717, 1.165) is 8.95 Å². The molecule has 0 bridgehead atoms. The van der Waals surface area contributed by atoms with Crippen LogP contribution >= 0.6 is 31.9 Å². The Hall–Kier alpha value is -2.35. The van der Waals surface area contributed by atoms with E-state index < -0.39 is 11.8 Å². The van der Waals surface area contributed by atoms with Crippen LogP contribution in [0.3, 0.4) is 0 Å². The van der Waals surface area contributed by atoms with Crippen LogP contribution in [0.5, 0.6) is 5.75 Å². The first-order valence-electron chi connectivity index (χ1n) is 9.37. The number of nitrogens with zero attached hydrogens (tertiary/aromatic N) is 2. The first kappa shape index (κ1) is 20.9. The second kappa shape index (κ2) is 8.06. The number of anilines is 2. The van der Waals surface area contributed by atoms with E-state index in [1.165, 1.54) is 4.90 Å². The fourth-order valence-electron chi connectivity index (χ4n) is 3.84. The minimum absolute atomic E-state index is 0.308. The molecule has 0 radical (unpaired) electrons. The van der Waals surface area contributed by atoms with E-state index in [1.807, 2.05) is 73.7 Å². The Bertz CT molecular complexity index is 1070. The molecule has 0 aliphatic carbocycles. The summed E-state index contributed by atoms with van der Waals surface area (Å²) >= 11 is 6.86. The van der Waals surface area contributed by atoms with Crippen molar-refractivity contribution in [1.82, 2.24) is 0 Å². The maximum absolute atomic E-state index is 13.7. The average molecular weight is 532 g/mol. The van der Waals surface area contributed by atoms with Gasteiger partial charge in [0, 0.05) is 25.9 Å². The molecule has 4 rings (SSSR count). The zero-order valence-electron chi connectivity index (χ0n) is 16.4. The van der Waals surface area contributed by atoms with Gasteiger partial charge < -0.3 is 9.84 Å². The van der Waals surface area contributed by atoms with Crippen molar-refractivity contribution in [2.24, 2.45) is 0 Å². The van der Waals surface area contributed by atoms with Crippen LogP contribution in [0.25, 0.3) is 0 Å². The third kappa shape index (κ3) is 3.41. The number of urea groups is 1. The number of amides is 2. The summed E-state index contributed by atoms with van der Waals surface area (Å²) < 4.78 is 7.17. The van der Waals surface area contributed by atoms with E-state index in [-0.39, 0.29) is 6.03 Å². The Morgan fingerprint density at radius 3 is 2.07 bits per heavy atom. The first-order chi connectivity index (χ1) is 14.4. The van der Waals surface area contributed by atoms with Gasteiger partial charge in [-0.2, -0.15) is 0 Å². The van der Waals surface area contributed by atoms with Crippen LogP contribution in [0.2, 0.25) is 0 Å². The Morgan fingerprint density at radius 1 is 0.933 bits per heavy atom. The van der Waals surface area contributed by atoms with Crippen molar-refractivity contribution < 1.29 is 14.6 Å². The molecular weight excluding hydrogens is 512 g/mol. The van der Waals surface area contributed by atoms with Gasteiger partial charge in [-0.1, -0.05) is 44.0 Å². The van der Waals surface area contributed by atoms with E-state index in [9.17, 15) is 9.90 Å². The summed E-state index contributed by atoms with van der Waals surface area (Å²) in [6, 6.07) is 21.1. The molecule has 2 unspecified atom stereocenters. The summed E-state index contributed by atoms with van der Waals surface area (Å²) in [6.45, 7) is 1.85. The summed E-state index contributed by atoms with van der Waals surface area (Å²) in [7, 11) is 1.58. The summed E-state index contributed by atoms with van der Waals surface area (Å²) in [5.74, 6) is 0.610. The van der Waals surface area contributed by atoms with E-state index in [4.69, 9.17) is 4.74 Å². The maximum atomic E-state index is 13.7. The lowest BCUT2D eigenvalue weighted by Crippen LogP contribution is -2.48. The smallest absolute Gasteiger partial charge is 0.332 e. The van der Waals surface area contributed by atoms with Crippen molar-refractivity contribution in [3.05, 3.63) is 87.3 Å². The zero-order chi connectivity index (χ0) is 21.5. The monoisotopic (exact) mass is 530 g/mol. The highest BCUT2D eigenvalue weighted by Crippen LogP contribution is 2.45. The van der Waals surface area contributed by atoms with Gasteiger partial charge >= 0.3 is 6.03 Å². The molecular formula is C23H20Br2N2O3. The predicted molar refractivity (Wildman–Crippen MR) is 125 cm³/mol. The molecule has 0 aromatic heterocycles. The number of aliphatic hydroxyl groups is 1. The van der Waals surface area contributed by atoms with Crippen molar-refractivity contribution >= 4 is 49.3 Å². The van der Waals surface area contributed by atoms with Crippen LogP contribution in [0, 0.1) is 0 Å². The number of hydrogen-bond acceptors (Lipinski definition) is 3. The molecule has 1 fully saturated rings. The lowest BCUT2D eigenvalue weighted by atomic mass is 9.94. The second-order valence-corrected chi connectivity index (χ2v) is 8.91. The molecule has 3 aromatic carbocycles. The van der Waals surface area contributed by atoms with Gasteiger partial charge in [-0.25, -0.2) is 4.79 Å². The van der Waals surface area contributed by atoms with Crippen molar-refractivity contribution in [2.75, 3.05) is 16.9 Å². The standard InChI is InChI=1S/C23H20Br2N2O3/c1-15-23(29,16-4-3-5-21(14-16)30-2)27(20-12-8-18(25)9-13-20)22(28)26(15)19-10-6-17(24)7-11-19/h3-15,29H,1-2H3. The van der Waals surface area contributed by atoms with E-state index in [1.54, 1.807) is 18.1 Å². The highest BCUT2D eigenvalue weighted by Gasteiger charge is 2.56. The maximum Gasteiger partial charge on any atom is 0.332 e. The Labute approximate surface area is 192 Å². The molecule has 0 saturated carbocycles. The molecule has 1 saturated heterocycles. The van der Waals surface area contributed by atoms with Crippen molar-refractivity contribution in [3.8, 4) is 5.75 Å². The molecule has 0 spiro atoms. The third-order valence-electron chi connectivity index (χ3n) is 5.39. The molecule has 1 aliphatic rings. The molecule has 2 amide bonds. The summed E-state index contributed by atoms with van der Waals surface area (Å²) in [6.07, 6.45) is 0. The average Bonchev–Trinajstić information content (AvgIpc) is 2.96. The minimum atomic E-state index is -1.60. The zero-order valence-corrected chi connectivity index (χ0v) is 19.6. The van der Waals surface area contributed by atoms with Crippen LogP contribution in [0.1, 0.15) is 12.5 Å². The predicted octanol–water partition coefficient (Wildman–Crippen LogP) is 5.90. The number of halogens is 2. The molecule has 1 aliphatic heterocycles. The minimum Gasteiger partial charge on any atom is -0.497 e. The number of benzene rings is 3. The fourth-order valence-corrected chi connectivity index (χ4v) is 4.37. The van der Waals surface area contributed by atoms with Crippen LogP contribution in [-0.4, -0.2) is 24.3 Å². The van der Waals surface area contributed by atoms with E-state index in [0.29, 0.717) is 22.7 Å². The van der Waals surface area contributed by atoms with Gasteiger partial charge in [-0.05, 0) is 67.6 Å². The molecule has 3 aromatic rings. The van der Waals surface area contributed by atoms with Crippen LogP contribution in [-0.2, 0) is 5.72 Å². The van der Waals surface area contributed by atoms with Gasteiger partial charge in [-0.3, -0.25) is 9.80 Å². The molecule has 154 valence electrons. The van der Waals surface area contributed by atoms with Crippen LogP contribution < -0.4 is 14.5 Å². The lowest BCUT2D eigenvalue weighted by Gasteiger charge is -2.35. The van der Waals surface area contributed by atoms with Gasteiger partial charge in [0.25, 0.3) is 0 Å². The van der Waals surface area contributed by atoms with Crippen molar-refractivity contribution in [2.45, 2.75) is 18.7 Å². The van der Waals surface area contributed by atoms with E-state index in [2.05, 4.69) is 31.9 Å². The number of hydrogen-bond donors (Lipinski definition) is 1. The van der Waals surface area contributed by atoms with Gasteiger partial charge in [0.15, 0.2) is 5.72 Å². The Morgan fingerprint density at radius 2 is 1.50 bits per heavy atom. The van der Waals surface area contributed by atoms with Gasteiger partial charge in [0.05, 0.1) is 13.2 Å². The molecule has 5 nitrogen and oxygen atoms in total. The summed E-state index contributed by atoms with van der Waals surface area (Å²) in [5.41, 5.74) is 0.272. The van der Waals surface area contributed by atoms with Crippen LogP contribution in [0.4, 0.5) is 16.2 Å². The molecule has 1 heterocycles. The SMILES string of the molecule is COc1cccc(C2(O)C(C)N(c3ccc(Br)cc3)C(=O)N2c2ccc(Br)cc2)c1. The van der Waals surface area contributed by atoms with Gasteiger partial charge in [0.1, 0.15) is 5.75 Å². The Balaban J connectivity index is 1.90. The van der Waals surface area contributed by atoms with E-state index >= 15 is 0 Å². The topological polar surface area (TPSA) is 53.0 Å². The fraction of sp³-hybridized carbons (Fsp3) is 0.174. The number of ether oxygens (including phenoxy) is 1.